The topological polar surface area (TPSA) is 159 Å². The number of benzene rings is 4. The van der Waals surface area contributed by atoms with Gasteiger partial charge in [-0.2, -0.15) is 0 Å². The molecule has 292 valence electrons. The number of hydrogen-bond donors (Lipinski definition) is 0. The van der Waals surface area contributed by atoms with Crippen LogP contribution in [0.25, 0.3) is 44.6 Å². The summed E-state index contributed by atoms with van der Waals surface area (Å²) >= 11 is 0. The average Bonchev–Trinajstić information content (AvgIpc) is 3.71. The van der Waals surface area contributed by atoms with E-state index in [2.05, 4.69) is 46.0 Å². The van der Waals surface area contributed by atoms with Gasteiger partial charge >= 0.3 is 12.1 Å². The summed E-state index contributed by atoms with van der Waals surface area (Å²) in [5.41, 5.74) is 9.01. The van der Waals surface area contributed by atoms with E-state index in [-0.39, 0.29) is 19.8 Å². The van der Waals surface area contributed by atoms with E-state index in [4.69, 9.17) is 28.9 Å². The molecule has 1 unspecified atom stereocenters. The first-order chi connectivity index (χ1) is 27.1. The maximum atomic E-state index is 13.3. The summed E-state index contributed by atoms with van der Waals surface area (Å²) in [5.74, 6) is 1.24. The van der Waals surface area contributed by atoms with Crippen LogP contribution in [0.3, 0.4) is 0 Å². The Bertz CT molecular complexity index is 2330. The van der Waals surface area contributed by atoms with Gasteiger partial charge in [-0.05, 0) is 72.4 Å². The van der Waals surface area contributed by atoms with Crippen molar-refractivity contribution in [2.75, 3.05) is 19.8 Å². The van der Waals surface area contributed by atoms with Gasteiger partial charge in [-0.25, -0.2) is 19.6 Å². The highest BCUT2D eigenvalue weighted by atomic mass is 17.0. The van der Waals surface area contributed by atoms with Gasteiger partial charge in [0.05, 0.1) is 40.8 Å². The molecule has 0 bridgehead atoms. The highest BCUT2D eigenvalue weighted by molar-refractivity contribution is 5.97. The van der Waals surface area contributed by atoms with E-state index in [0.29, 0.717) is 24.1 Å². The summed E-state index contributed by atoms with van der Waals surface area (Å²) in [5, 5.41) is 9.63. The Kier molecular flexibility index (Phi) is 12.6. The number of ether oxygens (including phenoxy) is 4. The third-order valence-electron chi connectivity index (χ3n) is 9.37. The van der Waals surface area contributed by atoms with Crippen LogP contribution in [-0.2, 0) is 43.8 Å². The van der Waals surface area contributed by atoms with E-state index in [1.54, 1.807) is 19.1 Å². The van der Waals surface area contributed by atoms with Gasteiger partial charge in [0, 0.05) is 32.5 Å². The van der Waals surface area contributed by atoms with Gasteiger partial charge in [0.2, 0.25) is 6.29 Å². The Morgan fingerprint density at radius 3 is 2.38 bits per heavy atom. The van der Waals surface area contributed by atoms with Gasteiger partial charge in [0.1, 0.15) is 24.4 Å². The van der Waals surface area contributed by atoms with E-state index < -0.39 is 29.6 Å². The molecule has 0 spiro atoms. The normalized spacial score (nSPS) is 12.4. The molecule has 4 aromatic carbocycles. The summed E-state index contributed by atoms with van der Waals surface area (Å²) in [6, 6.07) is 27.6. The number of aromatic nitrogens is 4. The van der Waals surface area contributed by atoms with Crippen LogP contribution in [0.15, 0.2) is 84.9 Å². The number of imidazole rings is 2. The maximum absolute atomic E-state index is 13.3. The molecule has 14 heteroatoms. The summed E-state index contributed by atoms with van der Waals surface area (Å²) in [6.07, 6.45) is -0.865. The van der Waals surface area contributed by atoms with Crippen LogP contribution in [0, 0.1) is 17.0 Å². The SMILES string of the molecule is CCCc1nc2c(C)cc(-c3nc4ccccc4n3C)cc2n1Cc1ccc(-c2ccccc2C(=O)OC(C)OC(=O)OCCOC[C@H](CC)O[N+](=O)[O-])cc1. The zero-order valence-corrected chi connectivity index (χ0v) is 32.1. The first-order valence-corrected chi connectivity index (χ1v) is 18.6. The third kappa shape index (κ3) is 9.15. The minimum absolute atomic E-state index is 0.0317. The lowest BCUT2D eigenvalue weighted by molar-refractivity contribution is -0.769. The molecule has 0 saturated heterocycles. The molecule has 2 aromatic heterocycles. The zero-order valence-electron chi connectivity index (χ0n) is 32.1. The van der Waals surface area contributed by atoms with Gasteiger partial charge in [0.15, 0.2) is 0 Å². The van der Waals surface area contributed by atoms with E-state index >= 15 is 0 Å². The average molecular weight is 764 g/mol. The Hall–Kier alpha value is -6.28. The number of fused-ring (bicyclic) bond motifs is 2. The third-order valence-corrected chi connectivity index (χ3v) is 9.37. The lowest BCUT2D eigenvalue weighted by Crippen LogP contribution is -2.25. The van der Waals surface area contributed by atoms with Crippen molar-refractivity contribution in [1.29, 1.82) is 0 Å². The second-order valence-corrected chi connectivity index (χ2v) is 13.4. The van der Waals surface area contributed by atoms with Crippen LogP contribution >= 0.6 is 0 Å². The minimum atomic E-state index is -1.24. The maximum Gasteiger partial charge on any atom is 0.511 e. The molecule has 2 atom stereocenters. The number of aryl methyl sites for hydroxylation is 3. The van der Waals surface area contributed by atoms with Gasteiger partial charge < -0.3 is 32.9 Å². The molecule has 0 fully saturated rings. The largest absolute Gasteiger partial charge is 0.511 e. The molecule has 0 aliphatic heterocycles. The molecule has 0 aliphatic carbocycles. The van der Waals surface area contributed by atoms with Crippen LogP contribution in [0.1, 0.15) is 60.9 Å². The lowest BCUT2D eigenvalue weighted by atomic mass is 9.98. The predicted molar refractivity (Wildman–Crippen MR) is 209 cm³/mol. The quantitative estimate of drug-likeness (QED) is 0.0290. The van der Waals surface area contributed by atoms with Crippen LogP contribution in [0.2, 0.25) is 0 Å². The predicted octanol–water partition coefficient (Wildman–Crippen LogP) is 8.23. The van der Waals surface area contributed by atoms with Gasteiger partial charge in [-0.3, -0.25) is 0 Å². The van der Waals surface area contributed by atoms with Crippen LogP contribution < -0.4 is 0 Å². The molecule has 0 saturated carbocycles. The van der Waals surface area contributed by atoms with Crippen LogP contribution in [-0.4, -0.2) is 68.5 Å². The molecule has 2 heterocycles. The molecular formula is C42H45N5O9. The number of carbonyl (C=O) groups excluding carboxylic acids is 2. The fourth-order valence-electron chi connectivity index (χ4n) is 6.60. The first kappa shape index (κ1) is 39.4. The summed E-state index contributed by atoms with van der Waals surface area (Å²) < 4.78 is 25.2. The van der Waals surface area contributed by atoms with E-state index in [1.165, 1.54) is 6.92 Å². The monoisotopic (exact) mass is 763 g/mol. The Morgan fingerprint density at radius 1 is 0.893 bits per heavy atom. The molecule has 0 amide bonds. The number of hydrogen-bond acceptors (Lipinski definition) is 11. The summed E-state index contributed by atoms with van der Waals surface area (Å²) in [6.45, 7) is 7.73. The van der Waals surface area contributed by atoms with Crippen molar-refractivity contribution in [2.45, 2.75) is 65.9 Å². The Labute approximate surface area is 324 Å². The molecule has 6 aromatic rings. The molecule has 6 rings (SSSR count). The van der Waals surface area contributed by atoms with E-state index in [1.807, 2.05) is 61.6 Å². The Balaban J connectivity index is 1.12. The van der Waals surface area contributed by atoms with Crippen molar-refractivity contribution in [3.05, 3.63) is 118 Å². The van der Waals surface area contributed by atoms with Crippen molar-refractivity contribution >= 4 is 34.2 Å². The molecule has 0 radical (unpaired) electrons. The number of rotatable bonds is 17. The van der Waals surface area contributed by atoms with Gasteiger partial charge in [0.25, 0.3) is 5.09 Å². The molecule has 0 aliphatic rings. The molecule has 14 nitrogen and oxygen atoms in total. The number of carbonyl (C=O) groups is 2. The lowest BCUT2D eigenvalue weighted by Gasteiger charge is -2.16. The van der Waals surface area contributed by atoms with E-state index in [9.17, 15) is 19.7 Å². The fraction of sp³-hybridized carbons (Fsp3) is 0.333. The van der Waals surface area contributed by atoms with Crippen molar-refractivity contribution in [1.82, 2.24) is 19.1 Å². The number of para-hydroxylation sites is 2. The number of esters is 1. The highest BCUT2D eigenvalue weighted by Crippen LogP contribution is 2.31. The Morgan fingerprint density at radius 2 is 1.64 bits per heavy atom. The van der Waals surface area contributed by atoms with Gasteiger partial charge in [-0.15, -0.1) is 10.1 Å². The number of nitrogens with zero attached hydrogens (tertiary/aromatic N) is 5. The molecular weight excluding hydrogens is 718 g/mol. The zero-order chi connectivity index (χ0) is 39.8. The smallest absolute Gasteiger partial charge is 0.432 e. The van der Waals surface area contributed by atoms with Crippen molar-refractivity contribution in [2.24, 2.45) is 7.05 Å². The fourth-order valence-corrected chi connectivity index (χ4v) is 6.60. The van der Waals surface area contributed by atoms with Crippen LogP contribution in [0.5, 0.6) is 0 Å². The second kappa shape index (κ2) is 17.9. The highest BCUT2D eigenvalue weighted by Gasteiger charge is 2.21. The minimum Gasteiger partial charge on any atom is -0.432 e. The van der Waals surface area contributed by atoms with Crippen molar-refractivity contribution in [3.63, 3.8) is 0 Å². The molecule has 56 heavy (non-hydrogen) atoms. The van der Waals surface area contributed by atoms with Gasteiger partial charge in [-0.1, -0.05) is 68.4 Å². The van der Waals surface area contributed by atoms with Crippen molar-refractivity contribution < 1.29 is 38.5 Å². The summed E-state index contributed by atoms with van der Waals surface area (Å²) in [7, 11) is 2.04. The van der Waals surface area contributed by atoms with Crippen molar-refractivity contribution in [3.8, 4) is 22.5 Å². The second-order valence-electron chi connectivity index (χ2n) is 13.4. The summed E-state index contributed by atoms with van der Waals surface area (Å²) in [4.78, 5) is 50.5. The van der Waals surface area contributed by atoms with Crippen LogP contribution in [0.4, 0.5) is 4.79 Å². The van der Waals surface area contributed by atoms with E-state index in [0.717, 1.165) is 68.8 Å². The standard InChI is InChI=1S/C42H45N5O9/c1-6-12-38-44-39-27(3)23-31(40-43-35-15-10-11-16-36(35)45(40)5)24-37(39)46(38)25-29-17-19-30(20-18-29)33-13-8-9-14-34(33)41(48)54-28(4)55-42(49)53-22-21-52-26-32(7-2)56-47(50)51/h8-11,13-20,23-24,28,32H,6-7,12,21-22,25-26H2,1-5H3/t28?,32-/m0/s1. The first-order valence-electron chi connectivity index (χ1n) is 18.6. The molecule has 0 N–H and O–H groups in total.